The van der Waals surface area contributed by atoms with Crippen LogP contribution in [0, 0.1) is 0 Å². The molecule has 1 saturated heterocycles. The lowest BCUT2D eigenvalue weighted by Gasteiger charge is -2.37. The summed E-state index contributed by atoms with van der Waals surface area (Å²) in [6.07, 6.45) is 1.51. The van der Waals surface area contributed by atoms with Gasteiger partial charge in [0.2, 0.25) is 10.0 Å². The lowest BCUT2D eigenvalue weighted by molar-refractivity contribution is -0.134. The molecule has 0 atom stereocenters. The van der Waals surface area contributed by atoms with Crippen LogP contribution in [0.5, 0.6) is 0 Å². The van der Waals surface area contributed by atoms with E-state index in [4.69, 9.17) is 5.11 Å². The normalized spacial score (nSPS) is 19.6. The van der Waals surface area contributed by atoms with Gasteiger partial charge in [0.25, 0.3) is 0 Å². The molecule has 0 aromatic rings. The first-order valence-corrected chi connectivity index (χ1v) is 7.76. The van der Waals surface area contributed by atoms with Gasteiger partial charge < -0.3 is 10.0 Å². The molecular weight excluding hydrogens is 256 g/mol. The van der Waals surface area contributed by atoms with E-state index in [-0.39, 0.29) is 6.04 Å². The highest BCUT2D eigenvalue weighted by Crippen LogP contribution is 2.19. The van der Waals surface area contributed by atoms with Gasteiger partial charge in [-0.25, -0.2) is 12.7 Å². The monoisotopic (exact) mass is 278 g/mol. The molecule has 1 heterocycles. The van der Waals surface area contributed by atoms with Crippen LogP contribution in [-0.4, -0.2) is 66.7 Å². The Morgan fingerprint density at radius 2 is 1.89 bits per heavy atom. The van der Waals surface area contributed by atoms with Crippen LogP contribution < -0.4 is 0 Å². The minimum absolute atomic E-state index is 0.0793. The summed E-state index contributed by atoms with van der Waals surface area (Å²) in [5, 5.41) is 8.60. The summed E-state index contributed by atoms with van der Waals surface area (Å²) in [6.45, 7) is 5.95. The standard InChI is InChI=1S/C11H22N2O4S/c1-9(2)13-6-4-10(5-7-13)12(3)18(16,17)8-11(14)15/h9-10H,4-8H2,1-3H3,(H,14,15). The van der Waals surface area contributed by atoms with Gasteiger partial charge in [-0.1, -0.05) is 0 Å². The number of sulfonamides is 1. The maximum atomic E-state index is 11.8. The molecule has 0 spiro atoms. The molecule has 1 fully saturated rings. The van der Waals surface area contributed by atoms with Crippen LogP contribution in [0.2, 0.25) is 0 Å². The van der Waals surface area contributed by atoms with Gasteiger partial charge in [-0.3, -0.25) is 4.79 Å². The summed E-state index contributed by atoms with van der Waals surface area (Å²) in [6, 6.07) is 0.385. The van der Waals surface area contributed by atoms with E-state index < -0.39 is 21.7 Å². The van der Waals surface area contributed by atoms with Crippen LogP contribution in [0.4, 0.5) is 0 Å². The van der Waals surface area contributed by atoms with Crippen molar-refractivity contribution in [2.45, 2.75) is 38.8 Å². The average Bonchev–Trinajstić information content (AvgIpc) is 2.26. The largest absolute Gasteiger partial charge is 0.480 e. The number of rotatable bonds is 5. The number of carboxylic acid groups (broad SMARTS) is 1. The second-order valence-corrected chi connectivity index (χ2v) is 7.06. The van der Waals surface area contributed by atoms with Crippen LogP contribution in [0.25, 0.3) is 0 Å². The predicted octanol–water partition coefficient (Wildman–Crippen LogP) is 0.205. The first-order valence-electron chi connectivity index (χ1n) is 6.15. The maximum absolute atomic E-state index is 11.8. The van der Waals surface area contributed by atoms with E-state index in [1.807, 2.05) is 0 Å². The number of carboxylic acids is 1. The zero-order valence-corrected chi connectivity index (χ0v) is 12.0. The number of piperidine rings is 1. The lowest BCUT2D eigenvalue weighted by Crippen LogP contribution is -2.48. The van der Waals surface area contributed by atoms with Crippen molar-refractivity contribution in [3.63, 3.8) is 0 Å². The molecule has 18 heavy (non-hydrogen) atoms. The predicted molar refractivity (Wildman–Crippen MR) is 68.9 cm³/mol. The van der Waals surface area contributed by atoms with E-state index in [9.17, 15) is 13.2 Å². The second kappa shape index (κ2) is 5.99. The molecule has 0 saturated carbocycles. The third kappa shape index (κ3) is 3.93. The summed E-state index contributed by atoms with van der Waals surface area (Å²) in [5.41, 5.74) is 0. The molecule has 1 rings (SSSR count). The topological polar surface area (TPSA) is 77.9 Å². The first-order chi connectivity index (χ1) is 8.24. The molecule has 0 aromatic heterocycles. The fourth-order valence-electron chi connectivity index (χ4n) is 2.25. The van der Waals surface area contributed by atoms with Crippen molar-refractivity contribution >= 4 is 16.0 Å². The van der Waals surface area contributed by atoms with Crippen LogP contribution in [-0.2, 0) is 14.8 Å². The Balaban J connectivity index is 2.59. The lowest BCUT2D eigenvalue weighted by atomic mass is 10.0. The molecule has 0 amide bonds. The number of hydrogen-bond acceptors (Lipinski definition) is 4. The fraction of sp³-hybridized carbons (Fsp3) is 0.909. The Labute approximate surface area is 109 Å². The Bertz CT molecular complexity index is 386. The summed E-state index contributed by atoms with van der Waals surface area (Å²) < 4.78 is 24.8. The quantitative estimate of drug-likeness (QED) is 0.777. The van der Waals surface area contributed by atoms with Crippen LogP contribution >= 0.6 is 0 Å². The van der Waals surface area contributed by atoms with Crippen LogP contribution in [0.1, 0.15) is 26.7 Å². The van der Waals surface area contributed by atoms with E-state index in [2.05, 4.69) is 18.7 Å². The van der Waals surface area contributed by atoms with Gasteiger partial charge in [0.05, 0.1) is 0 Å². The summed E-state index contributed by atoms with van der Waals surface area (Å²) in [5.74, 6) is -2.13. The molecule has 6 nitrogen and oxygen atoms in total. The zero-order chi connectivity index (χ0) is 13.9. The Morgan fingerprint density at radius 3 is 2.28 bits per heavy atom. The molecule has 0 aliphatic carbocycles. The summed E-state index contributed by atoms with van der Waals surface area (Å²) >= 11 is 0. The van der Waals surface area contributed by atoms with Gasteiger partial charge in [0.1, 0.15) is 0 Å². The van der Waals surface area contributed by atoms with Crippen molar-refractivity contribution in [2.75, 3.05) is 25.9 Å². The van der Waals surface area contributed by atoms with Gasteiger partial charge in [0.15, 0.2) is 5.75 Å². The molecule has 0 radical (unpaired) electrons. The molecule has 1 aliphatic heterocycles. The summed E-state index contributed by atoms with van der Waals surface area (Å²) in [7, 11) is -2.20. The first kappa shape index (κ1) is 15.4. The average molecular weight is 278 g/mol. The highest BCUT2D eigenvalue weighted by atomic mass is 32.2. The van der Waals surface area contributed by atoms with Gasteiger partial charge in [-0.05, 0) is 39.8 Å². The number of likely N-dealkylation sites (tertiary alicyclic amines) is 1. The SMILES string of the molecule is CC(C)N1CCC(N(C)S(=O)(=O)CC(=O)O)CC1. The molecular formula is C11H22N2O4S. The van der Waals surface area contributed by atoms with E-state index in [1.54, 1.807) is 0 Å². The number of carbonyl (C=O) groups is 1. The Morgan fingerprint density at radius 1 is 1.39 bits per heavy atom. The van der Waals surface area contributed by atoms with Gasteiger partial charge >= 0.3 is 5.97 Å². The number of aliphatic carboxylic acids is 1. The van der Waals surface area contributed by atoms with E-state index in [0.29, 0.717) is 6.04 Å². The van der Waals surface area contributed by atoms with Crippen molar-refractivity contribution in [3.8, 4) is 0 Å². The Kier molecular flexibility index (Phi) is 5.12. The smallest absolute Gasteiger partial charge is 0.320 e. The van der Waals surface area contributed by atoms with Crippen LogP contribution in [0.15, 0.2) is 0 Å². The molecule has 7 heteroatoms. The van der Waals surface area contributed by atoms with Crippen LogP contribution in [0.3, 0.4) is 0 Å². The highest BCUT2D eigenvalue weighted by molar-refractivity contribution is 7.89. The molecule has 0 unspecified atom stereocenters. The van der Waals surface area contributed by atoms with Crippen molar-refractivity contribution in [2.24, 2.45) is 0 Å². The maximum Gasteiger partial charge on any atom is 0.320 e. The minimum atomic E-state index is -3.68. The zero-order valence-electron chi connectivity index (χ0n) is 11.2. The molecule has 1 aliphatic rings. The second-order valence-electron chi connectivity index (χ2n) is 5.03. The van der Waals surface area contributed by atoms with Gasteiger partial charge in [-0.2, -0.15) is 0 Å². The summed E-state index contributed by atoms with van der Waals surface area (Å²) in [4.78, 5) is 12.8. The van der Waals surface area contributed by atoms with Gasteiger partial charge in [-0.15, -0.1) is 0 Å². The van der Waals surface area contributed by atoms with Crippen molar-refractivity contribution in [3.05, 3.63) is 0 Å². The third-order valence-corrected chi connectivity index (χ3v) is 5.28. The Hall–Kier alpha value is -0.660. The van der Waals surface area contributed by atoms with Crippen molar-refractivity contribution < 1.29 is 18.3 Å². The molecule has 1 N–H and O–H groups in total. The van der Waals surface area contributed by atoms with E-state index in [1.165, 1.54) is 11.4 Å². The molecule has 0 aromatic carbocycles. The van der Waals surface area contributed by atoms with Crippen molar-refractivity contribution in [1.82, 2.24) is 9.21 Å². The highest BCUT2D eigenvalue weighted by Gasteiger charge is 2.31. The number of hydrogen-bond donors (Lipinski definition) is 1. The third-order valence-electron chi connectivity index (χ3n) is 3.49. The molecule has 0 bridgehead atoms. The molecule has 106 valence electrons. The van der Waals surface area contributed by atoms with Crippen molar-refractivity contribution in [1.29, 1.82) is 0 Å². The van der Waals surface area contributed by atoms with E-state index >= 15 is 0 Å². The minimum Gasteiger partial charge on any atom is -0.480 e. The van der Waals surface area contributed by atoms with E-state index in [0.717, 1.165) is 25.9 Å². The number of nitrogens with zero attached hydrogens (tertiary/aromatic N) is 2. The fourth-order valence-corrected chi connectivity index (χ4v) is 3.43. The van der Waals surface area contributed by atoms with Gasteiger partial charge in [0, 0.05) is 19.1 Å².